The van der Waals surface area contributed by atoms with Crippen LogP contribution in [0.1, 0.15) is 15.2 Å². The smallest absolute Gasteiger partial charge is 0.354 e. The molecule has 0 saturated heterocycles. The second-order valence-corrected chi connectivity index (χ2v) is 6.72. The van der Waals surface area contributed by atoms with Gasteiger partial charge < -0.3 is 5.32 Å². The van der Waals surface area contributed by atoms with Gasteiger partial charge in [0.05, 0.1) is 10.4 Å². The van der Waals surface area contributed by atoms with Crippen LogP contribution in [-0.2, 0) is 13.2 Å². The molecule has 26 heavy (non-hydrogen) atoms. The van der Waals surface area contributed by atoms with Crippen molar-refractivity contribution in [2.45, 2.75) is 6.18 Å². The van der Waals surface area contributed by atoms with Crippen molar-refractivity contribution in [3.05, 3.63) is 41.0 Å². The molecule has 0 atom stereocenters. The fourth-order valence-corrected chi connectivity index (χ4v) is 3.93. The average Bonchev–Trinajstić information content (AvgIpc) is 3.23. The number of aryl methyl sites for hydroxylation is 1. The van der Waals surface area contributed by atoms with E-state index in [1.54, 1.807) is 28.6 Å². The predicted molar refractivity (Wildman–Crippen MR) is 91.6 cm³/mol. The molecule has 4 heterocycles. The summed E-state index contributed by atoms with van der Waals surface area (Å²) in [4.78, 5) is 17.1. The number of alkyl halides is 3. The molecular weight excluding hydrogens is 367 g/mol. The summed E-state index contributed by atoms with van der Waals surface area (Å²) in [5.74, 6) is 0.0807. The average molecular weight is 379 g/mol. The summed E-state index contributed by atoms with van der Waals surface area (Å²) in [5.41, 5.74) is -0.247. The van der Waals surface area contributed by atoms with E-state index in [2.05, 4.69) is 15.4 Å². The normalized spacial score (nSPS) is 12.2. The van der Waals surface area contributed by atoms with Crippen molar-refractivity contribution in [2.75, 3.05) is 7.05 Å². The van der Waals surface area contributed by atoms with Gasteiger partial charge in [0.1, 0.15) is 10.6 Å². The molecule has 0 aliphatic heterocycles. The second-order valence-electron chi connectivity index (χ2n) is 5.69. The van der Waals surface area contributed by atoms with Gasteiger partial charge >= 0.3 is 6.18 Å². The van der Waals surface area contributed by atoms with Crippen LogP contribution in [0.15, 0.2) is 30.6 Å². The van der Waals surface area contributed by atoms with Crippen molar-refractivity contribution in [1.29, 1.82) is 0 Å². The molecule has 134 valence electrons. The summed E-state index contributed by atoms with van der Waals surface area (Å²) in [6, 6.07) is 4.04. The van der Waals surface area contributed by atoms with Crippen LogP contribution in [0.3, 0.4) is 0 Å². The summed E-state index contributed by atoms with van der Waals surface area (Å²) < 4.78 is 41.7. The summed E-state index contributed by atoms with van der Waals surface area (Å²) >= 11 is 1.24. The lowest BCUT2D eigenvalue weighted by molar-refractivity contribution is -0.137. The molecule has 0 aliphatic carbocycles. The molecule has 0 fully saturated rings. The highest BCUT2D eigenvalue weighted by atomic mass is 32.1. The van der Waals surface area contributed by atoms with Gasteiger partial charge in [-0.05, 0) is 18.2 Å². The minimum absolute atomic E-state index is 0.227. The van der Waals surface area contributed by atoms with Crippen molar-refractivity contribution in [3.8, 4) is 5.82 Å². The quantitative estimate of drug-likeness (QED) is 0.581. The molecule has 4 rings (SSSR count). The number of nitrogens with one attached hydrogen (secondary N) is 1. The van der Waals surface area contributed by atoms with E-state index in [1.807, 2.05) is 0 Å². The SMILES string of the molecule is CNC(=O)c1cc2c3cn(C)nc3n(-c3ccc(C(F)(F)F)cn3)c2s1. The van der Waals surface area contributed by atoms with Crippen LogP contribution < -0.4 is 5.32 Å². The Kier molecular flexibility index (Phi) is 3.55. The standard InChI is InChI=1S/C16H12F3N5OS/c1-20-14(25)11-5-9-10-7-23(2)22-13(10)24(15(9)26-11)12-4-3-8(6-21-12)16(17,18)19/h3-7H,1-2H3,(H,20,25). The Balaban J connectivity index is 1.97. The van der Waals surface area contributed by atoms with E-state index in [4.69, 9.17) is 0 Å². The summed E-state index contributed by atoms with van der Waals surface area (Å²) in [5, 5.41) is 8.56. The molecule has 1 N–H and O–H groups in total. The van der Waals surface area contributed by atoms with Crippen molar-refractivity contribution in [2.24, 2.45) is 7.05 Å². The number of carbonyl (C=O) groups is 1. The predicted octanol–water partition coefficient (Wildman–Crippen LogP) is 3.35. The Morgan fingerprint density at radius 2 is 2.04 bits per heavy atom. The minimum Gasteiger partial charge on any atom is -0.354 e. The van der Waals surface area contributed by atoms with Crippen molar-refractivity contribution in [3.63, 3.8) is 0 Å². The molecule has 0 unspecified atom stereocenters. The lowest BCUT2D eigenvalue weighted by Gasteiger charge is -2.08. The van der Waals surface area contributed by atoms with Crippen LogP contribution in [0.4, 0.5) is 13.2 Å². The number of thiophene rings is 1. The van der Waals surface area contributed by atoms with Gasteiger partial charge in [0.15, 0.2) is 5.65 Å². The summed E-state index contributed by atoms with van der Waals surface area (Å²) in [6.45, 7) is 0. The van der Waals surface area contributed by atoms with E-state index in [1.165, 1.54) is 24.5 Å². The van der Waals surface area contributed by atoms with Crippen molar-refractivity contribution < 1.29 is 18.0 Å². The lowest BCUT2D eigenvalue weighted by atomic mass is 10.3. The van der Waals surface area contributed by atoms with Crippen molar-refractivity contribution >= 4 is 38.5 Å². The van der Waals surface area contributed by atoms with E-state index in [-0.39, 0.29) is 5.91 Å². The number of amides is 1. The molecule has 0 saturated carbocycles. The Morgan fingerprint density at radius 3 is 2.65 bits per heavy atom. The second kappa shape index (κ2) is 5.56. The number of fused-ring (bicyclic) bond motifs is 3. The monoisotopic (exact) mass is 379 g/mol. The van der Waals surface area contributed by atoms with Crippen LogP contribution in [-0.4, -0.2) is 32.3 Å². The van der Waals surface area contributed by atoms with Gasteiger partial charge in [-0.25, -0.2) is 4.98 Å². The first-order valence-electron chi connectivity index (χ1n) is 7.53. The molecule has 4 aromatic heterocycles. The van der Waals surface area contributed by atoms with Gasteiger partial charge in [0, 0.05) is 37.3 Å². The summed E-state index contributed by atoms with van der Waals surface area (Å²) in [7, 11) is 3.29. The number of carbonyl (C=O) groups excluding carboxylic acids is 1. The molecule has 0 spiro atoms. The van der Waals surface area contributed by atoms with Crippen LogP contribution in [0.5, 0.6) is 0 Å². The van der Waals surface area contributed by atoms with E-state index >= 15 is 0 Å². The molecule has 0 aliphatic rings. The highest BCUT2D eigenvalue weighted by Gasteiger charge is 2.31. The van der Waals surface area contributed by atoms with Crippen LogP contribution in [0, 0.1) is 0 Å². The molecule has 0 aromatic carbocycles. The zero-order chi connectivity index (χ0) is 18.6. The number of rotatable bonds is 2. The third-order valence-corrected chi connectivity index (χ3v) is 5.10. The Labute approximate surface area is 148 Å². The third kappa shape index (κ3) is 2.45. The zero-order valence-electron chi connectivity index (χ0n) is 13.6. The Bertz CT molecular complexity index is 1140. The lowest BCUT2D eigenvalue weighted by Crippen LogP contribution is -2.16. The maximum absolute atomic E-state index is 12.8. The van der Waals surface area contributed by atoms with Crippen molar-refractivity contribution in [1.82, 2.24) is 24.6 Å². The first-order chi connectivity index (χ1) is 12.3. The van der Waals surface area contributed by atoms with E-state index in [0.29, 0.717) is 21.2 Å². The van der Waals surface area contributed by atoms with Gasteiger partial charge in [-0.1, -0.05) is 0 Å². The minimum atomic E-state index is -4.45. The van der Waals surface area contributed by atoms with E-state index in [9.17, 15) is 18.0 Å². The number of hydrogen-bond acceptors (Lipinski definition) is 4. The molecule has 4 aromatic rings. The fraction of sp³-hybridized carbons (Fsp3) is 0.188. The first-order valence-corrected chi connectivity index (χ1v) is 8.34. The van der Waals surface area contributed by atoms with E-state index in [0.717, 1.165) is 23.0 Å². The topological polar surface area (TPSA) is 64.7 Å². The van der Waals surface area contributed by atoms with Crippen LogP contribution in [0.25, 0.3) is 27.1 Å². The Morgan fingerprint density at radius 1 is 1.27 bits per heavy atom. The number of hydrogen-bond donors (Lipinski definition) is 1. The summed E-state index contributed by atoms with van der Waals surface area (Å²) in [6.07, 6.45) is -1.85. The Hall–Kier alpha value is -2.88. The molecule has 0 radical (unpaired) electrons. The number of nitrogens with zero attached hydrogens (tertiary/aromatic N) is 4. The van der Waals surface area contributed by atoms with Gasteiger partial charge in [-0.15, -0.1) is 11.3 Å². The van der Waals surface area contributed by atoms with Gasteiger partial charge in [0.2, 0.25) is 0 Å². The fourth-order valence-electron chi connectivity index (χ4n) is 2.80. The molecule has 10 heteroatoms. The molecule has 1 amide bonds. The third-order valence-electron chi connectivity index (χ3n) is 3.98. The van der Waals surface area contributed by atoms with E-state index < -0.39 is 11.7 Å². The molecular formula is C16H12F3N5OS. The highest BCUT2D eigenvalue weighted by Crippen LogP contribution is 2.37. The largest absolute Gasteiger partial charge is 0.417 e. The van der Waals surface area contributed by atoms with Gasteiger partial charge in [-0.2, -0.15) is 18.3 Å². The van der Waals surface area contributed by atoms with Gasteiger partial charge in [0.25, 0.3) is 5.91 Å². The maximum atomic E-state index is 12.8. The van der Waals surface area contributed by atoms with Crippen LogP contribution in [0.2, 0.25) is 0 Å². The number of halogens is 3. The first kappa shape index (κ1) is 16.6. The number of aromatic nitrogens is 4. The molecule has 0 bridgehead atoms. The highest BCUT2D eigenvalue weighted by molar-refractivity contribution is 7.20. The number of pyridine rings is 1. The zero-order valence-corrected chi connectivity index (χ0v) is 14.4. The maximum Gasteiger partial charge on any atom is 0.417 e. The van der Waals surface area contributed by atoms with Crippen LogP contribution >= 0.6 is 11.3 Å². The molecule has 6 nitrogen and oxygen atoms in total. The van der Waals surface area contributed by atoms with Gasteiger partial charge in [-0.3, -0.25) is 14.0 Å².